The number of nitrogens with zero attached hydrogens (tertiary/aromatic N) is 1. The van der Waals surface area contributed by atoms with Crippen LogP contribution in [0.2, 0.25) is 0 Å². The van der Waals surface area contributed by atoms with E-state index in [0.717, 1.165) is 19.0 Å². The second-order valence-corrected chi connectivity index (χ2v) is 4.99. The van der Waals surface area contributed by atoms with Crippen LogP contribution < -0.4 is 5.32 Å². The Bertz CT molecular complexity index is 242. The molecule has 78 valence electrons. The Kier molecular flexibility index (Phi) is 3.89. The maximum atomic E-state index is 3.92. The van der Waals surface area contributed by atoms with Crippen molar-refractivity contribution in [1.82, 2.24) is 15.5 Å². The van der Waals surface area contributed by atoms with Gasteiger partial charge in [0.1, 0.15) is 0 Å². The van der Waals surface area contributed by atoms with Gasteiger partial charge in [-0.3, -0.25) is 5.10 Å². The summed E-state index contributed by atoms with van der Waals surface area (Å²) in [5, 5.41) is 10.4. The summed E-state index contributed by atoms with van der Waals surface area (Å²) in [6.07, 6.45) is 4.55. The van der Waals surface area contributed by atoms with E-state index in [1.807, 2.05) is 6.07 Å². The van der Waals surface area contributed by atoms with Gasteiger partial charge in [-0.25, -0.2) is 0 Å². The number of aromatic nitrogens is 2. The second kappa shape index (κ2) is 5.41. The highest BCUT2D eigenvalue weighted by molar-refractivity contribution is 7.99. The average Bonchev–Trinajstić information content (AvgIpc) is 2.72. The summed E-state index contributed by atoms with van der Waals surface area (Å²) in [5.41, 5.74) is 1.18. The Labute approximate surface area is 89.1 Å². The summed E-state index contributed by atoms with van der Waals surface area (Å²) < 4.78 is 0. The quantitative estimate of drug-likeness (QED) is 0.795. The standard InChI is InChI=1S/C10H17N3S/c1-4-12-13-10(1)8-11-7-9-2-5-14-6-3-9/h1,4,9,11H,2-3,5-8H2,(H,12,13). The third-order valence-electron chi connectivity index (χ3n) is 2.65. The molecule has 2 N–H and O–H groups in total. The topological polar surface area (TPSA) is 40.7 Å². The van der Waals surface area contributed by atoms with E-state index in [1.54, 1.807) is 6.20 Å². The van der Waals surface area contributed by atoms with Gasteiger partial charge in [0.15, 0.2) is 0 Å². The first-order valence-corrected chi connectivity index (χ1v) is 6.37. The number of rotatable bonds is 4. The van der Waals surface area contributed by atoms with Crippen molar-refractivity contribution in [2.45, 2.75) is 19.4 Å². The van der Waals surface area contributed by atoms with Crippen molar-refractivity contribution in [3.63, 3.8) is 0 Å². The van der Waals surface area contributed by atoms with Gasteiger partial charge in [0, 0.05) is 18.4 Å². The molecule has 0 atom stereocenters. The fourth-order valence-electron chi connectivity index (χ4n) is 1.74. The highest BCUT2D eigenvalue weighted by atomic mass is 32.2. The molecule has 14 heavy (non-hydrogen) atoms. The van der Waals surface area contributed by atoms with Crippen LogP contribution in [-0.2, 0) is 6.54 Å². The lowest BCUT2D eigenvalue weighted by molar-refractivity contribution is 0.446. The van der Waals surface area contributed by atoms with Gasteiger partial charge in [-0.05, 0) is 42.9 Å². The van der Waals surface area contributed by atoms with Crippen molar-refractivity contribution >= 4 is 11.8 Å². The molecule has 0 aliphatic carbocycles. The minimum Gasteiger partial charge on any atom is -0.311 e. The van der Waals surface area contributed by atoms with Gasteiger partial charge in [-0.1, -0.05) is 0 Å². The first-order chi connectivity index (χ1) is 6.95. The summed E-state index contributed by atoms with van der Waals surface area (Å²) in [6, 6.07) is 2.02. The monoisotopic (exact) mass is 211 g/mol. The molecule has 0 unspecified atom stereocenters. The fourth-order valence-corrected chi connectivity index (χ4v) is 2.95. The molecule has 2 heterocycles. The zero-order valence-electron chi connectivity index (χ0n) is 8.33. The third kappa shape index (κ3) is 3.03. The maximum Gasteiger partial charge on any atom is 0.0490 e. The number of H-pyrrole nitrogens is 1. The third-order valence-corrected chi connectivity index (χ3v) is 3.70. The van der Waals surface area contributed by atoms with Gasteiger partial charge in [-0.15, -0.1) is 0 Å². The lowest BCUT2D eigenvalue weighted by Crippen LogP contribution is -2.25. The molecule has 0 aromatic carbocycles. The van der Waals surface area contributed by atoms with Crippen LogP contribution in [0.25, 0.3) is 0 Å². The zero-order valence-corrected chi connectivity index (χ0v) is 9.15. The Balaban J connectivity index is 1.62. The molecule has 1 aliphatic heterocycles. The Morgan fingerprint density at radius 2 is 2.36 bits per heavy atom. The van der Waals surface area contributed by atoms with Crippen molar-refractivity contribution in [3.8, 4) is 0 Å². The molecule has 1 fully saturated rings. The molecule has 0 saturated carbocycles. The van der Waals surface area contributed by atoms with E-state index in [0.29, 0.717) is 0 Å². The van der Waals surface area contributed by atoms with E-state index < -0.39 is 0 Å². The number of aromatic amines is 1. The minimum atomic E-state index is 0.888. The van der Waals surface area contributed by atoms with Crippen LogP contribution >= 0.6 is 11.8 Å². The second-order valence-electron chi connectivity index (χ2n) is 3.77. The van der Waals surface area contributed by atoms with Crippen LogP contribution in [-0.4, -0.2) is 28.2 Å². The summed E-state index contributed by atoms with van der Waals surface area (Å²) in [7, 11) is 0. The molecule has 0 amide bonds. The van der Waals surface area contributed by atoms with Gasteiger partial charge in [-0.2, -0.15) is 16.9 Å². The van der Waals surface area contributed by atoms with E-state index in [9.17, 15) is 0 Å². The summed E-state index contributed by atoms with van der Waals surface area (Å²) in [5.74, 6) is 3.58. The Morgan fingerprint density at radius 3 is 3.07 bits per heavy atom. The highest BCUT2D eigenvalue weighted by Gasteiger charge is 2.12. The van der Waals surface area contributed by atoms with Crippen LogP contribution in [0.3, 0.4) is 0 Å². The SMILES string of the molecule is c1cc(CNCC2CCSCC2)[nH]n1. The van der Waals surface area contributed by atoms with Gasteiger partial charge in [0.2, 0.25) is 0 Å². The predicted molar refractivity (Wildman–Crippen MR) is 60.3 cm³/mol. The van der Waals surface area contributed by atoms with Crippen molar-refractivity contribution in [1.29, 1.82) is 0 Å². The molecule has 0 spiro atoms. The number of nitrogens with one attached hydrogen (secondary N) is 2. The first-order valence-electron chi connectivity index (χ1n) is 5.22. The van der Waals surface area contributed by atoms with Crippen LogP contribution in [0, 0.1) is 5.92 Å². The van der Waals surface area contributed by atoms with Gasteiger partial charge < -0.3 is 5.32 Å². The van der Waals surface area contributed by atoms with Crippen LogP contribution in [0.15, 0.2) is 12.3 Å². The van der Waals surface area contributed by atoms with E-state index in [-0.39, 0.29) is 0 Å². The van der Waals surface area contributed by atoms with Crippen LogP contribution in [0.4, 0.5) is 0 Å². The number of hydrogen-bond acceptors (Lipinski definition) is 3. The van der Waals surface area contributed by atoms with E-state index in [2.05, 4.69) is 27.3 Å². The molecule has 1 saturated heterocycles. The zero-order chi connectivity index (χ0) is 9.64. The Hall–Kier alpha value is -0.480. The number of thioether (sulfide) groups is 1. The summed E-state index contributed by atoms with van der Waals surface area (Å²) in [6.45, 7) is 2.07. The van der Waals surface area contributed by atoms with E-state index >= 15 is 0 Å². The molecule has 1 aliphatic rings. The molecule has 3 nitrogen and oxygen atoms in total. The van der Waals surface area contributed by atoms with E-state index in [4.69, 9.17) is 0 Å². The van der Waals surface area contributed by atoms with Crippen molar-refractivity contribution in [2.75, 3.05) is 18.1 Å². The molecular weight excluding hydrogens is 194 g/mol. The largest absolute Gasteiger partial charge is 0.311 e. The highest BCUT2D eigenvalue weighted by Crippen LogP contribution is 2.21. The van der Waals surface area contributed by atoms with Crippen LogP contribution in [0.5, 0.6) is 0 Å². The molecule has 1 aromatic heterocycles. The van der Waals surface area contributed by atoms with E-state index in [1.165, 1.54) is 30.0 Å². The Morgan fingerprint density at radius 1 is 1.50 bits per heavy atom. The lowest BCUT2D eigenvalue weighted by atomic mass is 10.0. The van der Waals surface area contributed by atoms with Gasteiger partial charge in [0.25, 0.3) is 0 Å². The molecule has 2 rings (SSSR count). The minimum absolute atomic E-state index is 0.888. The normalized spacial score (nSPS) is 18.6. The smallest absolute Gasteiger partial charge is 0.0490 e. The van der Waals surface area contributed by atoms with Gasteiger partial charge in [0.05, 0.1) is 0 Å². The number of hydrogen-bond donors (Lipinski definition) is 2. The summed E-state index contributed by atoms with van der Waals surface area (Å²) in [4.78, 5) is 0. The lowest BCUT2D eigenvalue weighted by Gasteiger charge is -2.21. The van der Waals surface area contributed by atoms with Crippen molar-refractivity contribution in [3.05, 3.63) is 18.0 Å². The first kappa shape index (κ1) is 10.1. The molecule has 1 aromatic rings. The average molecular weight is 211 g/mol. The molecule has 4 heteroatoms. The van der Waals surface area contributed by atoms with Crippen LogP contribution in [0.1, 0.15) is 18.5 Å². The molecule has 0 radical (unpaired) electrons. The predicted octanol–water partition coefficient (Wildman–Crippen LogP) is 1.64. The molecule has 0 bridgehead atoms. The van der Waals surface area contributed by atoms with Crippen molar-refractivity contribution in [2.24, 2.45) is 5.92 Å². The summed E-state index contributed by atoms with van der Waals surface area (Å²) >= 11 is 2.09. The maximum absolute atomic E-state index is 3.92. The molecular formula is C10H17N3S. The van der Waals surface area contributed by atoms with Gasteiger partial charge >= 0.3 is 0 Å². The van der Waals surface area contributed by atoms with Crippen molar-refractivity contribution < 1.29 is 0 Å². The fraction of sp³-hybridized carbons (Fsp3) is 0.700.